The molecule has 3 heterocycles. The van der Waals surface area contributed by atoms with Gasteiger partial charge in [0.25, 0.3) is 0 Å². The maximum absolute atomic E-state index is 11.7. The van der Waals surface area contributed by atoms with E-state index in [1.807, 2.05) is 28.8 Å². The maximum atomic E-state index is 11.7. The molecular formula is C18H25N5O. The fraction of sp³-hybridized carbons (Fsp3) is 0.556. The molecule has 24 heavy (non-hydrogen) atoms. The molecule has 0 N–H and O–H groups in total. The van der Waals surface area contributed by atoms with Crippen molar-refractivity contribution in [1.29, 1.82) is 0 Å². The van der Waals surface area contributed by atoms with Gasteiger partial charge in [0.15, 0.2) is 0 Å². The Morgan fingerprint density at radius 1 is 1.33 bits per heavy atom. The van der Waals surface area contributed by atoms with E-state index >= 15 is 0 Å². The molecule has 1 fully saturated rings. The second-order valence-electron chi connectivity index (χ2n) is 6.78. The Morgan fingerprint density at radius 2 is 2.12 bits per heavy atom. The fourth-order valence-corrected chi connectivity index (χ4v) is 3.36. The van der Waals surface area contributed by atoms with Gasteiger partial charge < -0.3 is 4.90 Å². The number of carbonyl (C=O) groups is 1. The van der Waals surface area contributed by atoms with Gasteiger partial charge in [-0.2, -0.15) is 5.10 Å². The summed E-state index contributed by atoms with van der Waals surface area (Å²) in [6.45, 7) is 9.38. The topological polar surface area (TPSA) is 63.9 Å². The van der Waals surface area contributed by atoms with Crippen molar-refractivity contribution >= 4 is 5.91 Å². The van der Waals surface area contributed by atoms with Crippen molar-refractivity contribution in [3.05, 3.63) is 29.8 Å². The Kier molecular flexibility index (Phi) is 4.64. The minimum Gasteiger partial charge on any atom is -0.342 e. The summed E-state index contributed by atoms with van der Waals surface area (Å²) in [6.07, 6.45) is 3.89. The van der Waals surface area contributed by atoms with Crippen LogP contribution >= 0.6 is 0 Å². The number of hydrogen-bond donors (Lipinski definition) is 0. The van der Waals surface area contributed by atoms with Gasteiger partial charge in [0, 0.05) is 43.9 Å². The number of nitrogens with zero attached hydrogens (tertiary/aromatic N) is 5. The molecule has 2 aromatic heterocycles. The summed E-state index contributed by atoms with van der Waals surface area (Å²) in [4.78, 5) is 22.9. The number of amides is 1. The van der Waals surface area contributed by atoms with Crippen LogP contribution < -0.4 is 0 Å². The van der Waals surface area contributed by atoms with Crippen LogP contribution in [0, 0.1) is 6.92 Å². The predicted octanol–water partition coefficient (Wildman–Crippen LogP) is 2.96. The molecular weight excluding hydrogens is 302 g/mol. The molecule has 1 amide bonds. The van der Waals surface area contributed by atoms with E-state index in [9.17, 15) is 4.79 Å². The lowest BCUT2D eigenvalue weighted by molar-refractivity contribution is -0.130. The Balaban J connectivity index is 1.94. The summed E-state index contributed by atoms with van der Waals surface area (Å²) in [6, 6.07) is 4.34. The molecule has 0 bridgehead atoms. The first kappa shape index (κ1) is 16.6. The van der Waals surface area contributed by atoms with E-state index in [0.29, 0.717) is 0 Å². The number of aryl methyl sites for hydroxylation is 1. The number of likely N-dealkylation sites (tertiary alicyclic amines) is 1. The van der Waals surface area contributed by atoms with Gasteiger partial charge in [-0.1, -0.05) is 0 Å². The second kappa shape index (κ2) is 6.71. The normalized spacial score (nSPS) is 18.2. The van der Waals surface area contributed by atoms with Crippen molar-refractivity contribution in [2.24, 2.45) is 0 Å². The highest BCUT2D eigenvalue weighted by atomic mass is 16.2. The molecule has 0 radical (unpaired) electrons. The average Bonchev–Trinajstić information content (AvgIpc) is 3.04. The maximum Gasteiger partial charge on any atom is 0.219 e. The molecule has 0 aromatic carbocycles. The molecule has 1 aliphatic rings. The molecule has 6 nitrogen and oxygen atoms in total. The summed E-state index contributed by atoms with van der Waals surface area (Å²) < 4.78 is 1.98. The van der Waals surface area contributed by atoms with Crippen LogP contribution in [0.2, 0.25) is 0 Å². The minimum absolute atomic E-state index is 0.142. The monoisotopic (exact) mass is 327 g/mol. The Bertz CT molecular complexity index is 737. The zero-order valence-electron chi connectivity index (χ0n) is 14.9. The highest BCUT2D eigenvalue weighted by molar-refractivity contribution is 5.73. The Morgan fingerprint density at radius 3 is 2.83 bits per heavy atom. The smallest absolute Gasteiger partial charge is 0.219 e. The number of hydrogen-bond acceptors (Lipinski definition) is 4. The summed E-state index contributed by atoms with van der Waals surface area (Å²) in [5, 5.41) is 4.40. The van der Waals surface area contributed by atoms with E-state index < -0.39 is 0 Å². The van der Waals surface area contributed by atoms with Crippen LogP contribution in [0.4, 0.5) is 0 Å². The largest absolute Gasteiger partial charge is 0.342 e. The third-order valence-electron chi connectivity index (χ3n) is 4.56. The van der Waals surface area contributed by atoms with Gasteiger partial charge in [0.2, 0.25) is 5.91 Å². The first-order chi connectivity index (χ1) is 11.5. The summed E-state index contributed by atoms with van der Waals surface area (Å²) in [7, 11) is 0. The predicted molar refractivity (Wildman–Crippen MR) is 92.6 cm³/mol. The number of carbonyl (C=O) groups excluding carboxylic acids is 1. The van der Waals surface area contributed by atoms with Crippen LogP contribution in [0.15, 0.2) is 18.3 Å². The van der Waals surface area contributed by atoms with Crippen molar-refractivity contribution in [3.63, 3.8) is 0 Å². The van der Waals surface area contributed by atoms with E-state index in [1.165, 1.54) is 0 Å². The van der Waals surface area contributed by atoms with Gasteiger partial charge in [-0.3, -0.25) is 9.48 Å². The third-order valence-corrected chi connectivity index (χ3v) is 4.56. The SMILES string of the molecule is CC(=O)N1CCCC(c2cc(-c3ccnn3C(C)C)nc(C)n2)C1. The molecule has 2 aromatic rings. The second-order valence-corrected chi connectivity index (χ2v) is 6.78. The standard InChI is InChI=1S/C18H25N5O/c1-12(2)23-18(7-8-19-23)17-10-16(20-13(3)21-17)15-6-5-9-22(11-15)14(4)24/h7-8,10,12,15H,5-6,9,11H2,1-4H3. The van der Waals surface area contributed by atoms with Gasteiger partial charge in [0.1, 0.15) is 5.82 Å². The molecule has 0 spiro atoms. The molecule has 1 aliphatic heterocycles. The van der Waals surface area contributed by atoms with E-state index in [1.54, 1.807) is 6.92 Å². The van der Waals surface area contributed by atoms with E-state index in [-0.39, 0.29) is 17.9 Å². The Labute approximate surface area is 142 Å². The molecule has 1 unspecified atom stereocenters. The fourth-order valence-electron chi connectivity index (χ4n) is 3.36. The lowest BCUT2D eigenvalue weighted by Crippen LogP contribution is -2.37. The summed E-state index contributed by atoms with van der Waals surface area (Å²) in [5.74, 6) is 1.18. The van der Waals surface area contributed by atoms with Crippen molar-refractivity contribution in [2.45, 2.75) is 52.5 Å². The lowest BCUT2D eigenvalue weighted by Gasteiger charge is -2.32. The van der Waals surface area contributed by atoms with Crippen LogP contribution in [-0.2, 0) is 4.79 Å². The summed E-state index contributed by atoms with van der Waals surface area (Å²) >= 11 is 0. The van der Waals surface area contributed by atoms with E-state index in [4.69, 9.17) is 0 Å². The van der Waals surface area contributed by atoms with E-state index in [0.717, 1.165) is 48.8 Å². The number of aromatic nitrogens is 4. The van der Waals surface area contributed by atoms with Gasteiger partial charge in [-0.15, -0.1) is 0 Å². The molecule has 1 saturated heterocycles. The minimum atomic E-state index is 0.142. The average molecular weight is 327 g/mol. The molecule has 0 saturated carbocycles. The highest BCUT2D eigenvalue weighted by Crippen LogP contribution is 2.29. The Hall–Kier alpha value is -2.24. The molecule has 128 valence electrons. The van der Waals surface area contributed by atoms with E-state index in [2.05, 4.69) is 35.0 Å². The van der Waals surface area contributed by atoms with Gasteiger partial charge in [0.05, 0.1) is 11.4 Å². The molecule has 1 atom stereocenters. The van der Waals surface area contributed by atoms with Crippen LogP contribution in [0.25, 0.3) is 11.4 Å². The lowest BCUT2D eigenvalue weighted by atomic mass is 9.94. The number of piperidine rings is 1. The zero-order chi connectivity index (χ0) is 17.3. The van der Waals surface area contributed by atoms with Crippen molar-refractivity contribution in [3.8, 4) is 11.4 Å². The third kappa shape index (κ3) is 3.32. The van der Waals surface area contributed by atoms with Crippen LogP contribution in [0.1, 0.15) is 57.1 Å². The zero-order valence-corrected chi connectivity index (χ0v) is 14.9. The number of rotatable bonds is 3. The van der Waals surface area contributed by atoms with Gasteiger partial charge >= 0.3 is 0 Å². The van der Waals surface area contributed by atoms with Crippen molar-refractivity contribution < 1.29 is 4.79 Å². The summed E-state index contributed by atoms with van der Waals surface area (Å²) in [5.41, 5.74) is 2.94. The van der Waals surface area contributed by atoms with Crippen molar-refractivity contribution in [1.82, 2.24) is 24.6 Å². The molecule has 3 rings (SSSR count). The molecule has 6 heteroatoms. The quantitative estimate of drug-likeness (QED) is 0.869. The van der Waals surface area contributed by atoms with Crippen LogP contribution in [0.3, 0.4) is 0 Å². The molecule has 0 aliphatic carbocycles. The van der Waals surface area contributed by atoms with Gasteiger partial charge in [-0.25, -0.2) is 9.97 Å². The van der Waals surface area contributed by atoms with Crippen molar-refractivity contribution in [2.75, 3.05) is 13.1 Å². The van der Waals surface area contributed by atoms with Gasteiger partial charge in [-0.05, 0) is 45.7 Å². The first-order valence-electron chi connectivity index (χ1n) is 8.60. The van der Waals surface area contributed by atoms with Crippen LogP contribution in [0.5, 0.6) is 0 Å². The van der Waals surface area contributed by atoms with Crippen LogP contribution in [-0.4, -0.2) is 43.6 Å². The first-order valence-corrected chi connectivity index (χ1v) is 8.60. The highest BCUT2D eigenvalue weighted by Gasteiger charge is 2.25.